The molecule has 0 aliphatic rings. The molecule has 0 spiro atoms. The molecule has 4 rings (SSSR count). The quantitative estimate of drug-likeness (QED) is 0.580. The minimum atomic E-state index is -0.150. The van der Waals surface area contributed by atoms with Gasteiger partial charge in [-0.05, 0) is 42.8 Å². The number of carbonyl (C=O) groups excluding carboxylic acids is 1. The first kappa shape index (κ1) is 16.0. The largest absolute Gasteiger partial charge is 0.322 e. The number of carbonyl (C=O) groups is 1. The van der Waals surface area contributed by atoms with Crippen LogP contribution in [0.15, 0.2) is 79.1 Å². The van der Waals surface area contributed by atoms with Gasteiger partial charge in [0.25, 0.3) is 5.91 Å². The van der Waals surface area contributed by atoms with Crippen LogP contribution >= 0.6 is 0 Å². The van der Waals surface area contributed by atoms with Crippen LogP contribution in [-0.4, -0.2) is 15.9 Å². The SMILES string of the molecule is Cc1ccccc1NC(=O)c1cc(-c2cccnc2)nc2ccccc12. The Balaban J connectivity index is 1.83. The van der Waals surface area contributed by atoms with E-state index in [4.69, 9.17) is 4.98 Å². The highest BCUT2D eigenvalue weighted by atomic mass is 16.1. The summed E-state index contributed by atoms with van der Waals surface area (Å²) in [5.41, 5.74) is 4.81. The van der Waals surface area contributed by atoms with Crippen LogP contribution in [0.4, 0.5) is 5.69 Å². The van der Waals surface area contributed by atoms with E-state index in [1.165, 1.54) is 0 Å². The highest BCUT2D eigenvalue weighted by Gasteiger charge is 2.14. The van der Waals surface area contributed by atoms with Crippen molar-refractivity contribution in [3.63, 3.8) is 0 Å². The first-order valence-electron chi connectivity index (χ1n) is 8.39. The van der Waals surface area contributed by atoms with Crippen LogP contribution in [0.5, 0.6) is 0 Å². The van der Waals surface area contributed by atoms with Gasteiger partial charge in [0.2, 0.25) is 0 Å². The second kappa shape index (κ2) is 6.76. The van der Waals surface area contributed by atoms with E-state index < -0.39 is 0 Å². The van der Waals surface area contributed by atoms with Crippen molar-refractivity contribution in [1.82, 2.24) is 9.97 Å². The molecule has 4 aromatic rings. The van der Waals surface area contributed by atoms with E-state index in [0.29, 0.717) is 5.56 Å². The molecule has 0 radical (unpaired) electrons. The van der Waals surface area contributed by atoms with Crippen LogP contribution in [-0.2, 0) is 0 Å². The third-order valence-electron chi connectivity index (χ3n) is 4.31. The number of aryl methyl sites for hydroxylation is 1. The number of nitrogens with one attached hydrogen (secondary N) is 1. The van der Waals surface area contributed by atoms with Gasteiger partial charge in [-0.25, -0.2) is 4.98 Å². The van der Waals surface area contributed by atoms with Crippen molar-refractivity contribution in [3.8, 4) is 11.3 Å². The number of aromatic nitrogens is 2. The van der Waals surface area contributed by atoms with Gasteiger partial charge in [0.05, 0.1) is 16.8 Å². The molecule has 4 nitrogen and oxygen atoms in total. The highest BCUT2D eigenvalue weighted by molar-refractivity contribution is 6.13. The Bertz CT molecular complexity index is 1090. The van der Waals surface area contributed by atoms with Gasteiger partial charge in [-0.1, -0.05) is 36.4 Å². The smallest absolute Gasteiger partial charge is 0.256 e. The second-order valence-electron chi connectivity index (χ2n) is 6.08. The molecular formula is C22H17N3O. The summed E-state index contributed by atoms with van der Waals surface area (Å²) < 4.78 is 0. The molecule has 4 heteroatoms. The molecule has 0 fully saturated rings. The summed E-state index contributed by atoms with van der Waals surface area (Å²) in [4.78, 5) is 21.9. The van der Waals surface area contributed by atoms with Gasteiger partial charge in [0.1, 0.15) is 0 Å². The Morgan fingerprint density at radius 1 is 0.962 bits per heavy atom. The van der Waals surface area contributed by atoms with Crippen LogP contribution in [0, 0.1) is 6.92 Å². The zero-order valence-electron chi connectivity index (χ0n) is 14.3. The van der Waals surface area contributed by atoms with Gasteiger partial charge in [0, 0.05) is 29.0 Å². The molecule has 2 aromatic heterocycles. The summed E-state index contributed by atoms with van der Waals surface area (Å²) in [5, 5.41) is 3.84. The molecular weight excluding hydrogens is 322 g/mol. The highest BCUT2D eigenvalue weighted by Crippen LogP contribution is 2.25. The Labute approximate surface area is 151 Å². The van der Waals surface area contributed by atoms with Crippen LogP contribution in [0.3, 0.4) is 0 Å². The number of para-hydroxylation sites is 2. The lowest BCUT2D eigenvalue weighted by Crippen LogP contribution is -2.13. The van der Waals surface area contributed by atoms with Gasteiger partial charge >= 0.3 is 0 Å². The van der Waals surface area contributed by atoms with E-state index in [-0.39, 0.29) is 5.91 Å². The maximum Gasteiger partial charge on any atom is 0.256 e. The first-order valence-corrected chi connectivity index (χ1v) is 8.39. The summed E-state index contributed by atoms with van der Waals surface area (Å²) >= 11 is 0. The number of amides is 1. The number of fused-ring (bicyclic) bond motifs is 1. The average Bonchev–Trinajstić information content (AvgIpc) is 2.69. The predicted molar refractivity (Wildman–Crippen MR) is 104 cm³/mol. The summed E-state index contributed by atoms with van der Waals surface area (Å²) in [7, 11) is 0. The lowest BCUT2D eigenvalue weighted by Gasteiger charge is -2.12. The third kappa shape index (κ3) is 3.05. The van der Waals surface area contributed by atoms with E-state index in [9.17, 15) is 4.79 Å². The van der Waals surface area contributed by atoms with Crippen LogP contribution in [0.25, 0.3) is 22.2 Å². The van der Waals surface area contributed by atoms with Crippen LogP contribution in [0.2, 0.25) is 0 Å². The Kier molecular flexibility index (Phi) is 4.15. The number of rotatable bonds is 3. The molecule has 126 valence electrons. The fourth-order valence-corrected chi connectivity index (χ4v) is 2.93. The van der Waals surface area contributed by atoms with E-state index in [0.717, 1.165) is 33.4 Å². The lowest BCUT2D eigenvalue weighted by atomic mass is 10.0. The standard InChI is InChI=1S/C22H17N3O/c1-15-7-2-4-10-19(15)25-22(26)18-13-21(16-8-6-12-23-14-16)24-20-11-5-3-9-17(18)20/h2-14H,1H3,(H,25,26). The fourth-order valence-electron chi connectivity index (χ4n) is 2.93. The number of hydrogen-bond acceptors (Lipinski definition) is 3. The van der Waals surface area contributed by atoms with Crippen molar-refractivity contribution >= 4 is 22.5 Å². The lowest BCUT2D eigenvalue weighted by molar-refractivity contribution is 0.102. The van der Waals surface area contributed by atoms with E-state index in [1.807, 2.05) is 73.7 Å². The molecule has 0 saturated heterocycles. The van der Waals surface area contributed by atoms with Crippen molar-refractivity contribution in [2.45, 2.75) is 6.92 Å². The van der Waals surface area contributed by atoms with E-state index in [2.05, 4.69) is 10.3 Å². The van der Waals surface area contributed by atoms with Gasteiger partial charge in [-0.3, -0.25) is 9.78 Å². The summed E-state index contributed by atoms with van der Waals surface area (Å²) in [6.07, 6.45) is 3.47. The topological polar surface area (TPSA) is 54.9 Å². The fraction of sp³-hybridized carbons (Fsp3) is 0.0455. The zero-order valence-corrected chi connectivity index (χ0v) is 14.3. The summed E-state index contributed by atoms with van der Waals surface area (Å²) in [5.74, 6) is -0.150. The minimum Gasteiger partial charge on any atom is -0.322 e. The number of hydrogen-bond donors (Lipinski definition) is 1. The van der Waals surface area contributed by atoms with Gasteiger partial charge in [0.15, 0.2) is 0 Å². The zero-order chi connectivity index (χ0) is 17.9. The number of pyridine rings is 2. The van der Waals surface area contributed by atoms with Crippen molar-refractivity contribution in [2.24, 2.45) is 0 Å². The normalized spacial score (nSPS) is 10.7. The van der Waals surface area contributed by atoms with Gasteiger partial charge in [-0.15, -0.1) is 0 Å². The number of nitrogens with zero attached hydrogens (tertiary/aromatic N) is 2. The van der Waals surface area contributed by atoms with Crippen molar-refractivity contribution < 1.29 is 4.79 Å². The number of anilines is 1. The Hall–Kier alpha value is -3.53. The molecule has 0 unspecified atom stereocenters. The maximum atomic E-state index is 13.0. The van der Waals surface area contributed by atoms with Crippen LogP contribution < -0.4 is 5.32 Å². The van der Waals surface area contributed by atoms with Gasteiger partial charge < -0.3 is 5.32 Å². The molecule has 1 amide bonds. The molecule has 0 aliphatic heterocycles. The molecule has 2 heterocycles. The molecule has 0 bridgehead atoms. The molecule has 0 aliphatic carbocycles. The van der Waals surface area contributed by atoms with Crippen LogP contribution in [0.1, 0.15) is 15.9 Å². The number of benzene rings is 2. The van der Waals surface area contributed by atoms with Gasteiger partial charge in [-0.2, -0.15) is 0 Å². The Morgan fingerprint density at radius 2 is 1.77 bits per heavy atom. The molecule has 0 saturated carbocycles. The summed E-state index contributed by atoms with van der Waals surface area (Å²) in [6, 6.07) is 21.0. The third-order valence-corrected chi connectivity index (χ3v) is 4.31. The second-order valence-corrected chi connectivity index (χ2v) is 6.08. The van der Waals surface area contributed by atoms with Crippen molar-refractivity contribution in [1.29, 1.82) is 0 Å². The van der Waals surface area contributed by atoms with E-state index in [1.54, 1.807) is 12.4 Å². The predicted octanol–water partition coefficient (Wildman–Crippen LogP) is 4.86. The summed E-state index contributed by atoms with van der Waals surface area (Å²) in [6.45, 7) is 1.97. The molecule has 0 atom stereocenters. The first-order chi connectivity index (χ1) is 12.7. The van der Waals surface area contributed by atoms with Crippen molar-refractivity contribution in [2.75, 3.05) is 5.32 Å². The average molecular weight is 339 g/mol. The molecule has 1 N–H and O–H groups in total. The van der Waals surface area contributed by atoms with E-state index >= 15 is 0 Å². The molecule has 26 heavy (non-hydrogen) atoms. The van der Waals surface area contributed by atoms with Crippen molar-refractivity contribution in [3.05, 3.63) is 90.3 Å². The molecule has 2 aromatic carbocycles. The Morgan fingerprint density at radius 3 is 2.58 bits per heavy atom. The minimum absolute atomic E-state index is 0.150. The monoisotopic (exact) mass is 339 g/mol. The maximum absolute atomic E-state index is 13.0.